The third kappa shape index (κ3) is 11.5. The van der Waals surface area contributed by atoms with Crippen LogP contribution in [0.3, 0.4) is 0 Å². The van der Waals surface area contributed by atoms with E-state index in [9.17, 15) is 0 Å². The van der Waals surface area contributed by atoms with Crippen molar-refractivity contribution in [3.8, 4) is 113 Å². The molecule has 112 heavy (non-hydrogen) atoms. The van der Waals surface area contributed by atoms with Crippen molar-refractivity contribution in [1.82, 2.24) is 38.2 Å². The molecular weight excluding hydrogens is 1360 g/mol. The monoisotopic (exact) mass is 1430 g/mol. The Morgan fingerprint density at radius 3 is 0.911 bits per heavy atom. The minimum atomic E-state index is 0.691. The molecule has 22 aromatic rings. The Labute approximate surface area is 646 Å². The third-order valence-electron chi connectivity index (χ3n) is 21.8. The van der Waals surface area contributed by atoms with Crippen molar-refractivity contribution in [3.63, 3.8) is 0 Å². The van der Waals surface area contributed by atoms with Gasteiger partial charge in [0.2, 0.25) is 0 Å². The van der Waals surface area contributed by atoms with Crippen LogP contribution < -0.4 is 0 Å². The van der Waals surface area contributed by atoms with Crippen LogP contribution in [0.15, 0.2) is 413 Å². The van der Waals surface area contributed by atoms with Crippen LogP contribution >= 0.6 is 0 Å². The van der Waals surface area contributed by atoms with E-state index < -0.39 is 0 Å². The molecule has 0 aliphatic heterocycles. The highest BCUT2D eigenvalue weighted by Crippen LogP contribution is 2.44. The predicted octanol–water partition coefficient (Wildman–Crippen LogP) is 26.7. The first-order valence-electron chi connectivity index (χ1n) is 38.0. The normalized spacial score (nSPS) is 11.6. The fourth-order valence-electron chi connectivity index (χ4n) is 16.7. The van der Waals surface area contributed by atoms with E-state index in [-0.39, 0.29) is 0 Å². The molecule has 0 unspecified atom stereocenters. The van der Waals surface area contributed by atoms with Gasteiger partial charge in [0.25, 0.3) is 0 Å². The molecule has 0 aliphatic carbocycles. The van der Waals surface area contributed by atoms with Gasteiger partial charge < -0.3 is 18.3 Å². The molecule has 8 heteroatoms. The van der Waals surface area contributed by atoms with Crippen LogP contribution in [0.2, 0.25) is 0 Å². The molecule has 0 amide bonds. The fourth-order valence-corrected chi connectivity index (χ4v) is 16.7. The number of rotatable bonds is 12. The molecule has 0 radical (unpaired) electrons. The van der Waals surface area contributed by atoms with E-state index in [0.29, 0.717) is 11.6 Å². The van der Waals surface area contributed by atoms with Gasteiger partial charge >= 0.3 is 0 Å². The predicted molar refractivity (Wildman–Crippen MR) is 465 cm³/mol. The molecule has 0 fully saturated rings. The zero-order valence-electron chi connectivity index (χ0n) is 60.8. The van der Waals surface area contributed by atoms with Crippen LogP contribution in [-0.4, -0.2) is 38.2 Å². The summed E-state index contributed by atoms with van der Waals surface area (Å²) in [5, 5.41) is 9.85. The molecule has 0 atom stereocenters. The van der Waals surface area contributed by atoms with Crippen LogP contribution in [0.5, 0.6) is 0 Å². The fraction of sp³-hybridized carbons (Fsp3) is 0. The van der Waals surface area contributed by atoms with E-state index in [0.717, 1.165) is 101 Å². The summed E-state index contributed by atoms with van der Waals surface area (Å²) in [5.74, 6) is 1.38. The second-order valence-electron chi connectivity index (χ2n) is 28.5. The topological polar surface area (TPSA) is 71.3 Å². The zero-order chi connectivity index (χ0) is 74.0. The highest BCUT2D eigenvalue weighted by atomic mass is 15.0. The molecule has 16 aromatic carbocycles. The quantitative estimate of drug-likeness (QED) is 0.122. The number of hydrogen-bond acceptors (Lipinski definition) is 4. The lowest BCUT2D eigenvalue weighted by molar-refractivity contribution is 1.16. The first kappa shape index (κ1) is 65.2. The largest absolute Gasteiger partial charge is 0.309 e. The van der Waals surface area contributed by atoms with Gasteiger partial charge in [-0.05, 0) is 144 Å². The van der Waals surface area contributed by atoms with Gasteiger partial charge in [-0.2, -0.15) is 0 Å². The second kappa shape index (κ2) is 27.6. The number of aromatic nitrogens is 8. The van der Waals surface area contributed by atoms with E-state index in [4.69, 9.17) is 19.9 Å². The first-order chi connectivity index (χ1) is 55.5. The average molecular weight is 1430 g/mol. The van der Waals surface area contributed by atoms with E-state index in [2.05, 4.69) is 407 Å². The molecule has 22 rings (SSSR count). The summed E-state index contributed by atoms with van der Waals surface area (Å²) >= 11 is 0. The SMILES string of the molecule is c1ccc(-c2cc(-c3ccccc3)nc(-c3cccc(-n4c5ccccc5c5c(-c6ccc7c(c6)c6ccccc6n7-c6ccccc6)cccc54)c3)n2)cc1.c1ccc(-c2cc(-c3ccccc3)nc(-c3cccc(-n4c5ccccc5c5cc(-c6ccc7c8ccccc8n(-c8ccccc8)c7c6)ccc54)c3)n2)cc1. The standard InChI is InChI=1S/2C52H34N4/c1-4-16-35(17-5-1)45-34-46(36-18-6-2-7-19-36)54-52(53-45)38-20-14-23-40(32-38)56-48-28-13-11-25-43(48)51-41(26-15-29-50(51)56)37-30-31-49-44(33-37)42-24-10-12-27-47(42)55(49)39-21-8-3-9-22-39;1-4-15-35(16-5-1)46-34-47(36-17-6-2-7-18-36)54-52(53-46)39-19-14-22-41(31-39)56-49-26-13-11-24-43(49)45-32-37(28-30-50(45)56)38-27-29-44-42-23-10-12-25-48(42)55(51(44)33-38)40-20-8-3-9-21-40/h2*1-34H. The molecule has 6 heterocycles. The summed E-state index contributed by atoms with van der Waals surface area (Å²) in [4.78, 5) is 20.6. The van der Waals surface area contributed by atoms with Crippen molar-refractivity contribution < 1.29 is 0 Å². The maximum Gasteiger partial charge on any atom is 0.160 e. The molecule has 0 N–H and O–H groups in total. The van der Waals surface area contributed by atoms with Crippen molar-refractivity contribution in [2.75, 3.05) is 0 Å². The molecule has 0 bridgehead atoms. The van der Waals surface area contributed by atoms with Crippen LogP contribution in [0.25, 0.3) is 200 Å². The lowest BCUT2D eigenvalue weighted by Gasteiger charge is -2.12. The lowest BCUT2D eigenvalue weighted by atomic mass is 9.98. The number of nitrogens with zero attached hydrogens (tertiary/aromatic N) is 8. The Bertz CT molecular complexity index is 7230. The summed E-state index contributed by atoms with van der Waals surface area (Å²) in [6, 6.07) is 146. The maximum absolute atomic E-state index is 5.15. The van der Waals surface area contributed by atoms with Crippen molar-refractivity contribution in [1.29, 1.82) is 0 Å². The Morgan fingerprint density at radius 2 is 0.446 bits per heavy atom. The Balaban J connectivity index is 0.000000141. The zero-order valence-corrected chi connectivity index (χ0v) is 60.8. The summed E-state index contributed by atoms with van der Waals surface area (Å²) < 4.78 is 9.51. The number of para-hydroxylation sites is 6. The molecule has 0 aliphatic rings. The van der Waals surface area contributed by atoms with Crippen molar-refractivity contribution >= 4 is 87.2 Å². The summed E-state index contributed by atoms with van der Waals surface area (Å²) in [6.45, 7) is 0. The summed E-state index contributed by atoms with van der Waals surface area (Å²) in [5.41, 5.74) is 28.3. The highest BCUT2D eigenvalue weighted by Gasteiger charge is 2.23. The van der Waals surface area contributed by atoms with Crippen LogP contribution in [0.1, 0.15) is 0 Å². The number of benzene rings is 16. The van der Waals surface area contributed by atoms with Gasteiger partial charge in [0.1, 0.15) is 0 Å². The molecule has 0 saturated carbocycles. The Morgan fingerprint density at radius 1 is 0.152 bits per heavy atom. The van der Waals surface area contributed by atoms with E-state index >= 15 is 0 Å². The Kier molecular flexibility index (Phi) is 16.1. The van der Waals surface area contributed by atoms with Gasteiger partial charge in [-0.15, -0.1) is 0 Å². The van der Waals surface area contributed by atoms with Gasteiger partial charge in [-0.1, -0.05) is 291 Å². The summed E-state index contributed by atoms with van der Waals surface area (Å²) in [7, 11) is 0. The van der Waals surface area contributed by atoms with Gasteiger partial charge in [0.05, 0.1) is 66.9 Å². The van der Waals surface area contributed by atoms with Crippen LogP contribution in [0.4, 0.5) is 0 Å². The third-order valence-corrected chi connectivity index (χ3v) is 21.8. The van der Waals surface area contributed by atoms with E-state index in [1.54, 1.807) is 0 Å². The van der Waals surface area contributed by atoms with Crippen molar-refractivity contribution in [3.05, 3.63) is 413 Å². The molecule has 0 saturated heterocycles. The van der Waals surface area contributed by atoms with Crippen molar-refractivity contribution in [2.45, 2.75) is 0 Å². The average Bonchev–Trinajstić information content (AvgIpc) is 1.54. The van der Waals surface area contributed by atoms with E-state index in [1.165, 1.54) is 87.4 Å². The lowest BCUT2D eigenvalue weighted by Crippen LogP contribution is -1.98. The van der Waals surface area contributed by atoms with Gasteiger partial charge in [-0.3, -0.25) is 0 Å². The molecule has 524 valence electrons. The van der Waals surface area contributed by atoms with Gasteiger partial charge in [-0.25, -0.2) is 19.9 Å². The second-order valence-corrected chi connectivity index (χ2v) is 28.5. The molecular formula is C104H68N8. The smallest absolute Gasteiger partial charge is 0.160 e. The minimum Gasteiger partial charge on any atom is -0.309 e. The summed E-state index contributed by atoms with van der Waals surface area (Å²) in [6.07, 6.45) is 0. The van der Waals surface area contributed by atoms with Crippen LogP contribution in [-0.2, 0) is 0 Å². The Hall–Kier alpha value is -15.1. The first-order valence-corrected chi connectivity index (χ1v) is 38.0. The highest BCUT2D eigenvalue weighted by molar-refractivity contribution is 6.18. The molecule has 6 aromatic heterocycles. The number of hydrogen-bond donors (Lipinski definition) is 0. The molecule has 8 nitrogen and oxygen atoms in total. The molecule has 0 spiro atoms. The van der Waals surface area contributed by atoms with Crippen molar-refractivity contribution in [2.24, 2.45) is 0 Å². The minimum absolute atomic E-state index is 0.691. The maximum atomic E-state index is 5.15. The van der Waals surface area contributed by atoms with Gasteiger partial charge in [0, 0.05) is 99.2 Å². The van der Waals surface area contributed by atoms with Gasteiger partial charge in [0.15, 0.2) is 11.6 Å². The van der Waals surface area contributed by atoms with Crippen LogP contribution in [0, 0.1) is 0 Å². The van der Waals surface area contributed by atoms with E-state index in [1.807, 2.05) is 24.3 Å². The number of fused-ring (bicyclic) bond motifs is 12.